The van der Waals surface area contributed by atoms with Crippen molar-refractivity contribution in [3.05, 3.63) is 23.8 Å². The summed E-state index contributed by atoms with van der Waals surface area (Å²) in [5.74, 6) is 2.60. The first-order valence-electron chi connectivity index (χ1n) is 9.83. The van der Waals surface area contributed by atoms with E-state index in [1.54, 1.807) is 0 Å². The monoisotopic (exact) mass is 503 g/mol. The minimum Gasteiger partial charge on any atom is -0.486 e. The Labute approximate surface area is 186 Å². The summed E-state index contributed by atoms with van der Waals surface area (Å²) in [6.07, 6.45) is 0. The first-order chi connectivity index (χ1) is 13.1. The molecule has 0 aromatic heterocycles. The highest BCUT2D eigenvalue weighted by Crippen LogP contribution is 2.31. The van der Waals surface area contributed by atoms with E-state index in [1.165, 1.54) is 5.56 Å². The van der Waals surface area contributed by atoms with Crippen LogP contribution in [-0.4, -0.2) is 93.8 Å². The lowest BCUT2D eigenvalue weighted by Crippen LogP contribution is -2.51. The summed E-state index contributed by atoms with van der Waals surface area (Å²) < 4.78 is 11.3. The lowest BCUT2D eigenvalue weighted by Gasteiger charge is -2.37. The van der Waals surface area contributed by atoms with Crippen molar-refractivity contribution in [1.82, 2.24) is 20.0 Å². The van der Waals surface area contributed by atoms with E-state index in [1.807, 2.05) is 6.07 Å². The number of fused-ring (bicyclic) bond motifs is 1. The Morgan fingerprint density at radius 1 is 1.21 bits per heavy atom. The standard InChI is InChI=1S/C20H33N5O2.HI/c1-5-21-20(22-13-17-15-23(2)8-9-24(17)3)25(4)14-16-6-7-18-19(12-16)27-11-10-26-18;/h6-7,12,17H,5,8-11,13-15H2,1-4H3,(H,21,22);1H. The smallest absolute Gasteiger partial charge is 0.194 e. The van der Waals surface area contributed by atoms with Gasteiger partial charge in [0, 0.05) is 45.8 Å². The number of piperazine rings is 1. The zero-order valence-electron chi connectivity index (χ0n) is 17.5. The molecule has 0 radical (unpaired) electrons. The molecule has 28 heavy (non-hydrogen) atoms. The highest BCUT2D eigenvalue weighted by molar-refractivity contribution is 14.0. The molecule has 8 heteroatoms. The van der Waals surface area contributed by atoms with E-state index in [0.29, 0.717) is 19.3 Å². The summed E-state index contributed by atoms with van der Waals surface area (Å²) in [6.45, 7) is 9.04. The third-order valence-electron chi connectivity index (χ3n) is 5.15. The zero-order valence-corrected chi connectivity index (χ0v) is 19.8. The fraction of sp³-hybridized carbons (Fsp3) is 0.650. The first-order valence-corrected chi connectivity index (χ1v) is 9.83. The lowest BCUT2D eigenvalue weighted by molar-refractivity contribution is 0.119. The molecule has 2 heterocycles. The molecule has 0 saturated carbocycles. The van der Waals surface area contributed by atoms with Crippen molar-refractivity contribution in [3.63, 3.8) is 0 Å². The average Bonchev–Trinajstić information content (AvgIpc) is 2.67. The normalized spacial score (nSPS) is 20.4. The summed E-state index contributed by atoms with van der Waals surface area (Å²) >= 11 is 0. The molecule has 1 unspecified atom stereocenters. The molecular weight excluding hydrogens is 469 g/mol. The largest absolute Gasteiger partial charge is 0.486 e. The Bertz CT molecular complexity index is 657. The topological polar surface area (TPSA) is 52.6 Å². The van der Waals surface area contributed by atoms with E-state index >= 15 is 0 Å². The number of halogens is 1. The van der Waals surface area contributed by atoms with Crippen LogP contribution in [0.25, 0.3) is 0 Å². The van der Waals surface area contributed by atoms with Gasteiger partial charge < -0.3 is 24.6 Å². The summed E-state index contributed by atoms with van der Waals surface area (Å²) in [6, 6.07) is 6.62. The van der Waals surface area contributed by atoms with Gasteiger partial charge in [0.05, 0.1) is 6.54 Å². The summed E-state index contributed by atoms with van der Waals surface area (Å²) in [4.78, 5) is 11.9. The maximum atomic E-state index is 5.70. The molecule has 2 aliphatic rings. The SMILES string of the molecule is CCNC(=NCC1CN(C)CCN1C)N(C)Cc1ccc2c(c1)OCCO2.I. The molecular formula is C20H34IN5O2. The molecule has 1 atom stereocenters. The van der Waals surface area contributed by atoms with Gasteiger partial charge in [-0.15, -0.1) is 24.0 Å². The number of nitrogens with one attached hydrogen (secondary N) is 1. The fourth-order valence-electron chi connectivity index (χ4n) is 3.49. The van der Waals surface area contributed by atoms with Crippen LogP contribution in [-0.2, 0) is 6.54 Å². The van der Waals surface area contributed by atoms with E-state index in [-0.39, 0.29) is 24.0 Å². The number of benzene rings is 1. The van der Waals surface area contributed by atoms with Crippen molar-refractivity contribution in [2.45, 2.75) is 19.5 Å². The van der Waals surface area contributed by atoms with Crippen LogP contribution in [0.2, 0.25) is 0 Å². The molecule has 1 N–H and O–H groups in total. The van der Waals surface area contributed by atoms with Crippen molar-refractivity contribution >= 4 is 29.9 Å². The van der Waals surface area contributed by atoms with Gasteiger partial charge in [-0.05, 0) is 38.7 Å². The summed E-state index contributed by atoms with van der Waals surface area (Å²) in [5, 5.41) is 3.42. The van der Waals surface area contributed by atoms with Gasteiger partial charge in [-0.3, -0.25) is 9.89 Å². The van der Waals surface area contributed by atoms with Crippen LogP contribution < -0.4 is 14.8 Å². The molecule has 0 amide bonds. The number of hydrogen-bond acceptors (Lipinski definition) is 5. The molecule has 2 aliphatic heterocycles. The number of hydrogen-bond donors (Lipinski definition) is 1. The minimum absolute atomic E-state index is 0. The van der Waals surface area contributed by atoms with Gasteiger partial charge in [-0.2, -0.15) is 0 Å². The van der Waals surface area contributed by atoms with Crippen molar-refractivity contribution in [3.8, 4) is 11.5 Å². The van der Waals surface area contributed by atoms with E-state index in [0.717, 1.165) is 56.7 Å². The van der Waals surface area contributed by atoms with E-state index in [4.69, 9.17) is 14.5 Å². The summed E-state index contributed by atoms with van der Waals surface area (Å²) in [5.41, 5.74) is 1.18. The first kappa shape index (κ1) is 23.0. The number of nitrogens with zero attached hydrogens (tertiary/aromatic N) is 4. The van der Waals surface area contributed by atoms with Gasteiger partial charge in [0.2, 0.25) is 0 Å². The number of rotatable bonds is 5. The molecule has 1 saturated heterocycles. The van der Waals surface area contributed by atoms with Gasteiger partial charge in [-0.25, -0.2) is 0 Å². The minimum atomic E-state index is 0. The van der Waals surface area contributed by atoms with Crippen molar-refractivity contribution < 1.29 is 9.47 Å². The van der Waals surface area contributed by atoms with E-state index in [2.05, 4.69) is 60.2 Å². The molecule has 0 bridgehead atoms. The molecule has 7 nitrogen and oxygen atoms in total. The molecule has 1 fully saturated rings. The molecule has 0 spiro atoms. The van der Waals surface area contributed by atoms with E-state index in [9.17, 15) is 0 Å². The van der Waals surface area contributed by atoms with Gasteiger partial charge in [-0.1, -0.05) is 6.07 Å². The highest BCUT2D eigenvalue weighted by atomic mass is 127. The van der Waals surface area contributed by atoms with Gasteiger partial charge in [0.1, 0.15) is 13.2 Å². The van der Waals surface area contributed by atoms with Crippen molar-refractivity contribution in [2.75, 3.05) is 67.1 Å². The number of likely N-dealkylation sites (N-methyl/N-ethyl adjacent to an activating group) is 2. The Hall–Kier alpha value is -1.26. The van der Waals surface area contributed by atoms with Crippen LogP contribution >= 0.6 is 24.0 Å². The maximum Gasteiger partial charge on any atom is 0.194 e. The average molecular weight is 503 g/mol. The van der Waals surface area contributed by atoms with Gasteiger partial charge in [0.25, 0.3) is 0 Å². The van der Waals surface area contributed by atoms with Crippen molar-refractivity contribution in [2.24, 2.45) is 4.99 Å². The third-order valence-corrected chi connectivity index (χ3v) is 5.15. The molecule has 1 aromatic rings. The Morgan fingerprint density at radius 2 is 1.96 bits per heavy atom. The molecule has 1 aromatic carbocycles. The number of guanidine groups is 1. The van der Waals surface area contributed by atoms with E-state index < -0.39 is 0 Å². The Morgan fingerprint density at radius 3 is 2.71 bits per heavy atom. The Kier molecular flexibility index (Phi) is 9.10. The van der Waals surface area contributed by atoms with Crippen molar-refractivity contribution in [1.29, 1.82) is 0 Å². The predicted molar refractivity (Wildman–Crippen MR) is 124 cm³/mol. The van der Waals surface area contributed by atoms with Crippen LogP contribution in [0.5, 0.6) is 11.5 Å². The quantitative estimate of drug-likeness (QED) is 0.376. The lowest BCUT2D eigenvalue weighted by atomic mass is 10.2. The second kappa shape index (κ2) is 11.1. The third kappa shape index (κ3) is 6.12. The van der Waals surface area contributed by atoms with Gasteiger partial charge >= 0.3 is 0 Å². The highest BCUT2D eigenvalue weighted by Gasteiger charge is 2.22. The molecule has 0 aliphatic carbocycles. The van der Waals surface area contributed by atoms with Crippen LogP contribution in [0.3, 0.4) is 0 Å². The Balaban J connectivity index is 0.00000280. The van der Waals surface area contributed by atoms with Crippen LogP contribution in [0.15, 0.2) is 23.2 Å². The molecule has 158 valence electrons. The second-order valence-corrected chi connectivity index (χ2v) is 7.43. The number of aliphatic imine (C=N–C) groups is 1. The van der Waals surface area contributed by atoms with Crippen LogP contribution in [0.1, 0.15) is 12.5 Å². The van der Waals surface area contributed by atoms with Crippen LogP contribution in [0.4, 0.5) is 0 Å². The summed E-state index contributed by atoms with van der Waals surface area (Å²) in [7, 11) is 6.46. The maximum absolute atomic E-state index is 5.70. The van der Waals surface area contributed by atoms with Crippen LogP contribution in [0, 0.1) is 0 Å². The fourth-order valence-corrected chi connectivity index (χ4v) is 3.49. The second-order valence-electron chi connectivity index (χ2n) is 7.43. The predicted octanol–water partition coefficient (Wildman–Crippen LogP) is 1.72. The molecule has 3 rings (SSSR count). The zero-order chi connectivity index (χ0) is 19.2. The number of ether oxygens (including phenoxy) is 2. The van der Waals surface area contributed by atoms with Gasteiger partial charge in [0.15, 0.2) is 17.5 Å².